The standard InChI is InChI=1S/C23H18ClN3O6S/c1-33-14-7-10-17(24)16(12-14)21(28)19-20(18-4-2-3-11-26-18)27(23(30)22(19)29)13-5-8-15(9-6-13)34(25,31)32/h2-12,20,28H,1H3,(H2,25,31,32)/b21-19+. The summed E-state index contributed by atoms with van der Waals surface area (Å²) in [6.07, 6.45) is 1.48. The van der Waals surface area contributed by atoms with Gasteiger partial charge in [0.2, 0.25) is 10.0 Å². The number of nitrogens with zero attached hydrogens (tertiary/aromatic N) is 2. The van der Waals surface area contributed by atoms with Crippen molar-refractivity contribution in [3.05, 3.63) is 88.7 Å². The first-order valence-electron chi connectivity index (χ1n) is 9.82. The fraction of sp³-hybridized carbons (Fsp3) is 0.0870. The molecule has 3 aromatic rings. The molecular formula is C23H18ClN3O6S. The molecule has 4 rings (SSSR count). The molecular weight excluding hydrogens is 482 g/mol. The van der Waals surface area contributed by atoms with Crippen molar-refractivity contribution in [3.63, 3.8) is 0 Å². The van der Waals surface area contributed by atoms with E-state index in [-0.39, 0.29) is 26.7 Å². The molecule has 0 bridgehead atoms. The van der Waals surface area contributed by atoms with Crippen LogP contribution in [0.5, 0.6) is 5.75 Å². The molecule has 2 aromatic carbocycles. The maximum atomic E-state index is 13.2. The van der Waals surface area contributed by atoms with Gasteiger partial charge in [0.1, 0.15) is 17.6 Å². The minimum atomic E-state index is -3.96. The van der Waals surface area contributed by atoms with Crippen molar-refractivity contribution in [1.29, 1.82) is 0 Å². The molecule has 2 heterocycles. The average molecular weight is 500 g/mol. The molecule has 0 spiro atoms. The van der Waals surface area contributed by atoms with E-state index < -0.39 is 33.5 Å². The Morgan fingerprint density at radius 1 is 1.12 bits per heavy atom. The van der Waals surface area contributed by atoms with E-state index in [1.54, 1.807) is 24.3 Å². The van der Waals surface area contributed by atoms with Crippen molar-refractivity contribution in [3.8, 4) is 5.75 Å². The van der Waals surface area contributed by atoms with Crippen molar-refractivity contribution in [2.45, 2.75) is 10.9 Å². The van der Waals surface area contributed by atoms with Crippen LogP contribution in [0.25, 0.3) is 5.76 Å². The second-order valence-corrected chi connectivity index (χ2v) is 9.28. The van der Waals surface area contributed by atoms with Crippen molar-refractivity contribution in [2.24, 2.45) is 5.14 Å². The van der Waals surface area contributed by atoms with Gasteiger partial charge in [0.15, 0.2) is 0 Å². The number of halogens is 1. The van der Waals surface area contributed by atoms with Crippen molar-refractivity contribution < 1.29 is 27.9 Å². The second kappa shape index (κ2) is 8.90. The van der Waals surface area contributed by atoms with Crippen LogP contribution in [0.4, 0.5) is 5.69 Å². The third-order valence-electron chi connectivity index (χ3n) is 5.28. The normalized spacial score (nSPS) is 17.7. The van der Waals surface area contributed by atoms with Gasteiger partial charge in [-0.15, -0.1) is 0 Å². The molecule has 3 N–H and O–H groups in total. The molecule has 1 unspecified atom stereocenters. The summed E-state index contributed by atoms with van der Waals surface area (Å²) in [6, 6.07) is 13.5. The molecule has 1 saturated heterocycles. The Morgan fingerprint density at radius 2 is 1.82 bits per heavy atom. The van der Waals surface area contributed by atoms with Crippen molar-refractivity contribution in [2.75, 3.05) is 12.0 Å². The number of aromatic nitrogens is 1. The van der Waals surface area contributed by atoms with Gasteiger partial charge in [-0.05, 0) is 54.6 Å². The molecule has 9 nitrogen and oxygen atoms in total. The van der Waals surface area contributed by atoms with E-state index in [0.29, 0.717) is 11.4 Å². The van der Waals surface area contributed by atoms with E-state index in [1.807, 2.05) is 0 Å². The first-order valence-corrected chi connectivity index (χ1v) is 11.7. The number of hydrogen-bond acceptors (Lipinski definition) is 7. The first-order chi connectivity index (χ1) is 16.1. The van der Waals surface area contributed by atoms with E-state index >= 15 is 0 Å². The van der Waals surface area contributed by atoms with Gasteiger partial charge in [-0.2, -0.15) is 0 Å². The van der Waals surface area contributed by atoms with E-state index in [2.05, 4.69) is 4.98 Å². The summed E-state index contributed by atoms with van der Waals surface area (Å²) in [5.41, 5.74) is 0.387. The number of primary sulfonamides is 1. The van der Waals surface area contributed by atoms with Gasteiger partial charge in [0.05, 0.1) is 28.3 Å². The first kappa shape index (κ1) is 23.4. The number of rotatable bonds is 5. The second-order valence-electron chi connectivity index (χ2n) is 7.31. The van der Waals surface area contributed by atoms with Crippen LogP contribution in [0, 0.1) is 0 Å². The van der Waals surface area contributed by atoms with Gasteiger partial charge < -0.3 is 9.84 Å². The Hall–Kier alpha value is -3.73. The number of nitrogens with two attached hydrogens (primary N) is 1. The molecule has 1 amide bonds. The van der Waals surface area contributed by atoms with Crippen LogP contribution >= 0.6 is 11.6 Å². The van der Waals surface area contributed by atoms with Crippen LogP contribution in [0.2, 0.25) is 5.02 Å². The third kappa shape index (κ3) is 4.14. The molecule has 1 aliphatic rings. The van der Waals surface area contributed by atoms with Crippen LogP contribution in [0.15, 0.2) is 77.3 Å². The number of sulfonamides is 1. The predicted molar refractivity (Wildman–Crippen MR) is 125 cm³/mol. The van der Waals surface area contributed by atoms with Gasteiger partial charge in [0.25, 0.3) is 11.7 Å². The zero-order valence-corrected chi connectivity index (χ0v) is 19.2. The minimum absolute atomic E-state index is 0.101. The fourth-order valence-electron chi connectivity index (χ4n) is 3.67. The Morgan fingerprint density at radius 3 is 2.41 bits per heavy atom. The lowest BCUT2D eigenvalue weighted by Gasteiger charge is -2.24. The molecule has 34 heavy (non-hydrogen) atoms. The van der Waals surface area contributed by atoms with Crippen LogP contribution in [-0.2, 0) is 19.6 Å². The number of carbonyl (C=O) groups is 2. The molecule has 174 valence electrons. The summed E-state index contributed by atoms with van der Waals surface area (Å²) in [5.74, 6) is -2.00. The minimum Gasteiger partial charge on any atom is -0.507 e. The number of anilines is 1. The Balaban J connectivity index is 1.94. The SMILES string of the molecule is COc1ccc(Cl)c(/C(O)=C2\C(=O)C(=O)N(c3ccc(S(N)(=O)=O)cc3)C2c2ccccn2)c1. The Kier molecular flexibility index (Phi) is 6.13. The number of ketones is 1. The largest absolute Gasteiger partial charge is 0.507 e. The summed E-state index contributed by atoms with van der Waals surface area (Å²) < 4.78 is 28.4. The number of pyridine rings is 1. The molecule has 1 atom stereocenters. The number of benzene rings is 2. The zero-order valence-electron chi connectivity index (χ0n) is 17.7. The Labute approximate surface area is 200 Å². The highest BCUT2D eigenvalue weighted by Crippen LogP contribution is 2.42. The van der Waals surface area contributed by atoms with E-state index in [4.69, 9.17) is 21.5 Å². The smallest absolute Gasteiger partial charge is 0.300 e. The van der Waals surface area contributed by atoms with E-state index in [1.165, 1.54) is 49.7 Å². The summed E-state index contributed by atoms with van der Waals surface area (Å²) in [4.78, 5) is 31.5. The number of aliphatic hydroxyl groups excluding tert-OH is 1. The topological polar surface area (TPSA) is 140 Å². The van der Waals surface area contributed by atoms with Crippen molar-refractivity contribution >= 4 is 44.8 Å². The van der Waals surface area contributed by atoms with Crippen LogP contribution in [0.3, 0.4) is 0 Å². The summed E-state index contributed by atoms with van der Waals surface area (Å²) in [7, 11) is -2.53. The number of aliphatic hydroxyl groups is 1. The number of Topliss-reactive ketones (excluding diaryl/α,β-unsaturated/α-hetero) is 1. The lowest BCUT2D eigenvalue weighted by molar-refractivity contribution is -0.132. The van der Waals surface area contributed by atoms with E-state index in [0.717, 1.165) is 4.90 Å². The summed E-state index contributed by atoms with van der Waals surface area (Å²) >= 11 is 6.27. The average Bonchev–Trinajstić information content (AvgIpc) is 3.09. The lowest BCUT2D eigenvalue weighted by Crippen LogP contribution is -2.29. The third-order valence-corrected chi connectivity index (χ3v) is 6.54. The number of ether oxygens (including phenoxy) is 1. The predicted octanol–water partition coefficient (Wildman–Crippen LogP) is 3.02. The molecule has 11 heteroatoms. The van der Waals surface area contributed by atoms with E-state index in [9.17, 15) is 23.1 Å². The van der Waals surface area contributed by atoms with Gasteiger partial charge in [-0.25, -0.2) is 13.6 Å². The molecule has 1 fully saturated rings. The van der Waals surface area contributed by atoms with Crippen LogP contribution in [-0.4, -0.2) is 37.3 Å². The maximum Gasteiger partial charge on any atom is 0.300 e. The van der Waals surface area contributed by atoms with Gasteiger partial charge in [-0.1, -0.05) is 17.7 Å². The lowest BCUT2D eigenvalue weighted by atomic mass is 9.98. The summed E-state index contributed by atoms with van der Waals surface area (Å²) in [6.45, 7) is 0. The number of hydrogen-bond donors (Lipinski definition) is 2. The maximum absolute atomic E-state index is 13.2. The fourth-order valence-corrected chi connectivity index (χ4v) is 4.39. The zero-order chi connectivity index (χ0) is 24.6. The highest BCUT2D eigenvalue weighted by atomic mass is 35.5. The van der Waals surface area contributed by atoms with Gasteiger partial charge in [-0.3, -0.25) is 19.5 Å². The number of amides is 1. The molecule has 0 aliphatic carbocycles. The molecule has 0 radical (unpaired) electrons. The van der Waals surface area contributed by atoms with Gasteiger partial charge >= 0.3 is 0 Å². The van der Waals surface area contributed by atoms with Crippen molar-refractivity contribution in [1.82, 2.24) is 4.98 Å². The highest BCUT2D eigenvalue weighted by molar-refractivity contribution is 7.89. The highest BCUT2D eigenvalue weighted by Gasteiger charge is 2.47. The van der Waals surface area contributed by atoms with Crippen LogP contribution < -0.4 is 14.8 Å². The number of methoxy groups -OCH3 is 1. The molecule has 1 aromatic heterocycles. The quantitative estimate of drug-likeness (QED) is 0.312. The van der Waals surface area contributed by atoms with Gasteiger partial charge in [0, 0.05) is 17.4 Å². The Bertz CT molecular complexity index is 1420. The van der Waals surface area contributed by atoms with Crippen LogP contribution in [0.1, 0.15) is 17.3 Å². The monoisotopic (exact) mass is 499 g/mol. The number of carbonyl (C=O) groups excluding carboxylic acids is 2. The molecule has 0 saturated carbocycles. The molecule has 1 aliphatic heterocycles. The summed E-state index contributed by atoms with van der Waals surface area (Å²) in [5, 5.41) is 16.5.